The molecule has 0 heterocycles. The van der Waals surface area contributed by atoms with Crippen LogP contribution < -0.4 is 4.72 Å². The number of nitrogens with one attached hydrogen (secondary N) is 1. The van der Waals surface area contributed by atoms with Crippen molar-refractivity contribution in [2.24, 2.45) is 5.92 Å². The molecule has 0 spiro atoms. The third-order valence-electron chi connectivity index (χ3n) is 2.56. The number of hydrogen-bond acceptors (Lipinski definition) is 2. The first-order valence-corrected chi connectivity index (χ1v) is 8.19. The van der Waals surface area contributed by atoms with Gasteiger partial charge in [-0.25, -0.2) is 13.1 Å². The van der Waals surface area contributed by atoms with Gasteiger partial charge >= 0.3 is 0 Å². The minimum atomic E-state index is -3.46. The number of sulfonamides is 1. The summed E-state index contributed by atoms with van der Waals surface area (Å²) in [6.45, 7) is 3.82. The molecule has 96 valence electrons. The van der Waals surface area contributed by atoms with Crippen LogP contribution in [-0.2, 0) is 10.0 Å². The highest BCUT2D eigenvalue weighted by Gasteiger charge is 2.20. The summed E-state index contributed by atoms with van der Waals surface area (Å²) in [4.78, 5) is 0.232. The largest absolute Gasteiger partial charge is 0.240 e. The van der Waals surface area contributed by atoms with Crippen LogP contribution in [-0.4, -0.2) is 19.8 Å². The molecule has 0 aliphatic heterocycles. The molecule has 1 N–H and O–H groups in total. The van der Waals surface area contributed by atoms with Gasteiger partial charge in [0.1, 0.15) is 0 Å². The van der Waals surface area contributed by atoms with Crippen LogP contribution >= 0.6 is 27.5 Å². The maximum absolute atomic E-state index is 12.0. The predicted octanol–water partition coefficient (Wildman–Crippen LogP) is 3.04. The van der Waals surface area contributed by atoms with Gasteiger partial charge < -0.3 is 0 Å². The Morgan fingerprint density at radius 1 is 1.29 bits per heavy atom. The zero-order valence-electron chi connectivity index (χ0n) is 9.65. The molecule has 0 fully saturated rings. The lowest BCUT2D eigenvalue weighted by Crippen LogP contribution is -2.37. The molecule has 0 aliphatic rings. The summed E-state index contributed by atoms with van der Waals surface area (Å²) in [5.41, 5.74) is 0. The van der Waals surface area contributed by atoms with E-state index in [1.165, 1.54) is 12.1 Å². The third-order valence-corrected chi connectivity index (χ3v) is 5.41. The lowest BCUT2D eigenvalue weighted by atomic mass is 10.1. The van der Waals surface area contributed by atoms with Crippen LogP contribution in [0.5, 0.6) is 0 Å². The van der Waals surface area contributed by atoms with E-state index in [0.717, 1.165) is 5.33 Å². The monoisotopic (exact) mass is 339 g/mol. The Bertz CT molecular complexity index is 461. The van der Waals surface area contributed by atoms with Crippen molar-refractivity contribution in [3.05, 3.63) is 29.3 Å². The number of hydrogen-bond donors (Lipinski definition) is 1. The van der Waals surface area contributed by atoms with Crippen LogP contribution in [0.2, 0.25) is 5.02 Å². The maximum atomic E-state index is 12.0. The number of benzene rings is 1. The molecule has 17 heavy (non-hydrogen) atoms. The highest BCUT2D eigenvalue weighted by atomic mass is 79.9. The molecule has 2 unspecified atom stereocenters. The molecule has 0 aliphatic carbocycles. The average Bonchev–Trinajstić information content (AvgIpc) is 2.27. The summed E-state index contributed by atoms with van der Waals surface area (Å²) in [5, 5.41) is 1.27. The highest BCUT2D eigenvalue weighted by Crippen LogP contribution is 2.15. The molecule has 0 saturated carbocycles. The van der Waals surface area contributed by atoms with Crippen molar-refractivity contribution >= 4 is 37.6 Å². The maximum Gasteiger partial charge on any atom is 0.240 e. The van der Waals surface area contributed by atoms with Gasteiger partial charge in [-0.05, 0) is 37.1 Å². The molecule has 6 heteroatoms. The van der Waals surface area contributed by atoms with Crippen LogP contribution in [0.3, 0.4) is 0 Å². The normalized spacial score (nSPS) is 15.5. The smallest absolute Gasteiger partial charge is 0.208 e. The number of rotatable bonds is 5. The topological polar surface area (TPSA) is 46.2 Å². The quantitative estimate of drug-likeness (QED) is 0.837. The van der Waals surface area contributed by atoms with E-state index >= 15 is 0 Å². The Morgan fingerprint density at radius 3 is 2.29 bits per heavy atom. The summed E-state index contributed by atoms with van der Waals surface area (Å²) in [7, 11) is -3.46. The van der Waals surface area contributed by atoms with Gasteiger partial charge in [-0.3, -0.25) is 0 Å². The fourth-order valence-electron chi connectivity index (χ4n) is 1.18. The first kappa shape index (κ1) is 15.0. The molecule has 0 saturated heterocycles. The van der Waals surface area contributed by atoms with E-state index in [1.807, 2.05) is 13.8 Å². The summed E-state index contributed by atoms with van der Waals surface area (Å²) in [6.07, 6.45) is 0. The van der Waals surface area contributed by atoms with Crippen LogP contribution in [0.1, 0.15) is 13.8 Å². The summed E-state index contributed by atoms with van der Waals surface area (Å²) >= 11 is 9.06. The van der Waals surface area contributed by atoms with Crippen molar-refractivity contribution in [2.45, 2.75) is 24.8 Å². The third kappa shape index (κ3) is 4.25. The molecular weight excluding hydrogens is 326 g/mol. The van der Waals surface area contributed by atoms with Crippen molar-refractivity contribution in [3.8, 4) is 0 Å². The van der Waals surface area contributed by atoms with Crippen molar-refractivity contribution < 1.29 is 8.42 Å². The van der Waals surface area contributed by atoms with E-state index in [2.05, 4.69) is 20.7 Å². The van der Waals surface area contributed by atoms with E-state index < -0.39 is 10.0 Å². The zero-order chi connectivity index (χ0) is 13.1. The minimum absolute atomic E-state index is 0.130. The Kier molecular flexibility index (Phi) is 5.44. The van der Waals surface area contributed by atoms with E-state index in [1.54, 1.807) is 12.1 Å². The van der Waals surface area contributed by atoms with Gasteiger partial charge in [0, 0.05) is 16.4 Å². The van der Waals surface area contributed by atoms with Crippen LogP contribution in [0.25, 0.3) is 0 Å². The molecule has 0 radical (unpaired) electrons. The highest BCUT2D eigenvalue weighted by molar-refractivity contribution is 9.09. The second-order valence-electron chi connectivity index (χ2n) is 4.00. The van der Waals surface area contributed by atoms with Crippen LogP contribution in [0.15, 0.2) is 29.2 Å². The molecule has 1 rings (SSSR count). The van der Waals surface area contributed by atoms with Gasteiger partial charge in [0.25, 0.3) is 0 Å². The van der Waals surface area contributed by atoms with E-state index in [9.17, 15) is 8.42 Å². The van der Waals surface area contributed by atoms with Gasteiger partial charge in [-0.1, -0.05) is 34.5 Å². The van der Waals surface area contributed by atoms with E-state index in [4.69, 9.17) is 11.6 Å². The Balaban J connectivity index is 2.85. The van der Waals surface area contributed by atoms with Gasteiger partial charge in [0.15, 0.2) is 0 Å². The fourth-order valence-corrected chi connectivity index (χ4v) is 3.22. The van der Waals surface area contributed by atoms with Gasteiger partial charge in [-0.15, -0.1) is 0 Å². The molecule has 0 aromatic heterocycles. The molecule has 1 aromatic carbocycles. The summed E-state index contributed by atoms with van der Waals surface area (Å²) < 4.78 is 26.7. The van der Waals surface area contributed by atoms with Gasteiger partial charge in [0.05, 0.1) is 4.90 Å². The Labute approximate surface area is 116 Å². The average molecular weight is 341 g/mol. The number of halogens is 2. The molecule has 3 nitrogen and oxygen atoms in total. The molecule has 2 atom stereocenters. The van der Waals surface area contributed by atoms with Crippen LogP contribution in [0.4, 0.5) is 0 Å². The summed E-state index contributed by atoms with van der Waals surface area (Å²) in [5.74, 6) is 0.220. The molecule has 0 bridgehead atoms. The fraction of sp³-hybridized carbons (Fsp3) is 0.455. The Hall–Kier alpha value is -0.100. The van der Waals surface area contributed by atoms with E-state index in [0.29, 0.717) is 5.02 Å². The minimum Gasteiger partial charge on any atom is -0.208 e. The zero-order valence-corrected chi connectivity index (χ0v) is 12.8. The van der Waals surface area contributed by atoms with Crippen molar-refractivity contribution in [2.75, 3.05) is 5.33 Å². The van der Waals surface area contributed by atoms with Gasteiger partial charge in [0.2, 0.25) is 10.0 Å². The SMILES string of the molecule is CC(CBr)C(C)NS(=O)(=O)c1ccc(Cl)cc1. The van der Waals surface area contributed by atoms with Crippen molar-refractivity contribution in [1.29, 1.82) is 0 Å². The first-order valence-electron chi connectivity index (χ1n) is 5.20. The molecule has 1 aromatic rings. The first-order chi connectivity index (χ1) is 7.86. The van der Waals surface area contributed by atoms with Crippen LogP contribution in [0, 0.1) is 5.92 Å². The molecular formula is C11H15BrClNO2S. The lowest BCUT2D eigenvalue weighted by molar-refractivity contribution is 0.484. The second-order valence-corrected chi connectivity index (χ2v) is 6.79. The standard InChI is InChI=1S/C11H15BrClNO2S/c1-8(7-12)9(2)14-17(15,16)11-5-3-10(13)4-6-11/h3-6,8-9,14H,7H2,1-2H3. The molecule has 0 amide bonds. The Morgan fingerprint density at radius 2 is 1.82 bits per heavy atom. The van der Waals surface area contributed by atoms with Crippen molar-refractivity contribution in [1.82, 2.24) is 4.72 Å². The second kappa shape index (κ2) is 6.18. The predicted molar refractivity (Wildman–Crippen MR) is 74.2 cm³/mol. The van der Waals surface area contributed by atoms with Gasteiger partial charge in [-0.2, -0.15) is 0 Å². The number of alkyl halides is 1. The lowest BCUT2D eigenvalue weighted by Gasteiger charge is -2.19. The van der Waals surface area contributed by atoms with Crippen molar-refractivity contribution in [3.63, 3.8) is 0 Å². The van der Waals surface area contributed by atoms with E-state index in [-0.39, 0.29) is 16.9 Å². The summed E-state index contributed by atoms with van der Waals surface area (Å²) in [6, 6.07) is 5.99.